The molecule has 0 amide bonds. The topological polar surface area (TPSA) is 0 Å². The molecule has 28 heavy (non-hydrogen) atoms. The Labute approximate surface area is 169 Å². The second kappa shape index (κ2) is 8.66. The zero-order valence-electron chi connectivity index (χ0n) is 15.4. The van der Waals surface area contributed by atoms with Gasteiger partial charge in [0.15, 0.2) is 14.7 Å². The Morgan fingerprint density at radius 1 is 0.714 bits per heavy atom. The lowest BCUT2D eigenvalue weighted by molar-refractivity contribution is 0.368. The number of fused-ring (bicyclic) bond motifs is 2. The Morgan fingerprint density at radius 2 is 1.14 bits per heavy atom. The van der Waals surface area contributed by atoms with E-state index in [-0.39, 0.29) is 10.9 Å². The van der Waals surface area contributed by atoms with Crippen molar-refractivity contribution in [2.45, 2.75) is 44.2 Å². The highest BCUT2D eigenvalue weighted by atomic mass is 32.2. The second-order valence-electron chi connectivity index (χ2n) is 6.52. The predicted molar refractivity (Wildman–Crippen MR) is 110 cm³/mol. The zero-order chi connectivity index (χ0) is 20.3. The molecule has 1 aliphatic heterocycles. The van der Waals surface area contributed by atoms with E-state index in [4.69, 9.17) is 0 Å². The summed E-state index contributed by atoms with van der Waals surface area (Å²) in [5.41, 5.74) is 1.41. The van der Waals surface area contributed by atoms with Crippen LogP contribution in [0.15, 0.2) is 97.3 Å². The van der Waals surface area contributed by atoms with Gasteiger partial charge in [-0.3, -0.25) is 0 Å². The average Bonchev–Trinajstić information content (AvgIpc) is 2.65. The summed E-state index contributed by atoms with van der Waals surface area (Å²) in [5.74, 6) is 0.578. The molecule has 0 aromatic heterocycles. The third-order valence-electron chi connectivity index (χ3n) is 4.14. The number of benzene rings is 3. The van der Waals surface area contributed by atoms with E-state index < -0.39 is 7.25 Å². The minimum absolute atomic E-state index is 0.000249. The monoisotopic (exact) mass is 422 g/mol. The quantitative estimate of drug-likeness (QED) is 0.181. The Hall–Kier alpha value is -1.86. The maximum Gasteiger partial charge on any atom is 0.673 e. The van der Waals surface area contributed by atoms with E-state index in [1.165, 1.54) is 30.0 Å². The first-order valence-electron chi connectivity index (χ1n) is 8.81. The summed E-state index contributed by atoms with van der Waals surface area (Å²) in [5, 5.41) is 0. The van der Waals surface area contributed by atoms with Gasteiger partial charge in [0, 0.05) is 0 Å². The van der Waals surface area contributed by atoms with Crippen molar-refractivity contribution >= 4 is 29.9 Å². The van der Waals surface area contributed by atoms with Gasteiger partial charge >= 0.3 is 7.25 Å². The van der Waals surface area contributed by atoms with Crippen LogP contribution in [0, 0.1) is 0 Å². The SMILES string of the molecule is CC(C)c1ccc([S+]2c3ccccc3Sc3ccccc32)cc1.F[B-](F)(F)F. The summed E-state index contributed by atoms with van der Waals surface area (Å²) < 4.78 is 39.0. The van der Waals surface area contributed by atoms with Crippen molar-refractivity contribution in [3.63, 3.8) is 0 Å². The number of hydrogen-bond acceptors (Lipinski definition) is 1. The highest BCUT2D eigenvalue weighted by Gasteiger charge is 2.37. The molecule has 3 aromatic carbocycles. The Bertz CT molecular complexity index is 888. The van der Waals surface area contributed by atoms with Crippen LogP contribution in [0.5, 0.6) is 0 Å². The molecule has 0 aliphatic carbocycles. The minimum atomic E-state index is -6.00. The fourth-order valence-electron chi connectivity index (χ4n) is 2.89. The van der Waals surface area contributed by atoms with E-state index in [1.54, 1.807) is 0 Å². The van der Waals surface area contributed by atoms with Crippen LogP contribution in [-0.4, -0.2) is 7.25 Å². The lowest BCUT2D eigenvalue weighted by atomic mass is 10.0. The summed E-state index contributed by atoms with van der Waals surface area (Å²) in [6.07, 6.45) is 0. The molecule has 4 rings (SSSR count). The zero-order valence-corrected chi connectivity index (χ0v) is 17.0. The molecular formula is C21H19BF4S2. The molecule has 7 heteroatoms. The van der Waals surface area contributed by atoms with Gasteiger partial charge in [-0.2, -0.15) is 0 Å². The second-order valence-corrected chi connectivity index (χ2v) is 9.57. The lowest BCUT2D eigenvalue weighted by Crippen LogP contribution is -2.10. The molecule has 0 nitrogen and oxygen atoms in total. The molecule has 146 valence electrons. The van der Waals surface area contributed by atoms with E-state index in [0.29, 0.717) is 5.92 Å². The van der Waals surface area contributed by atoms with Crippen molar-refractivity contribution in [2.75, 3.05) is 0 Å². The van der Waals surface area contributed by atoms with Crippen LogP contribution in [0.3, 0.4) is 0 Å². The Balaban J connectivity index is 0.000000403. The van der Waals surface area contributed by atoms with Crippen LogP contribution < -0.4 is 0 Å². The maximum atomic E-state index is 9.75. The van der Waals surface area contributed by atoms with Crippen molar-refractivity contribution < 1.29 is 17.3 Å². The summed E-state index contributed by atoms with van der Waals surface area (Å²) in [6.45, 7) is 4.50. The van der Waals surface area contributed by atoms with E-state index in [0.717, 1.165) is 0 Å². The van der Waals surface area contributed by atoms with Crippen LogP contribution in [0.1, 0.15) is 25.3 Å². The average molecular weight is 422 g/mol. The van der Waals surface area contributed by atoms with Gasteiger partial charge in [-0.05, 0) is 47.9 Å². The molecule has 3 aromatic rings. The molecule has 1 heterocycles. The third-order valence-corrected chi connectivity index (χ3v) is 7.89. The normalized spacial score (nSPS) is 13.4. The fourth-order valence-corrected chi connectivity index (χ4v) is 6.62. The standard InChI is InChI=1S/C21H19S2.BF4/c1-15(2)16-11-13-17(14-12-16)23-20-9-5-3-7-18(20)22-19-8-4-6-10-21(19)23;2-1(3,4)5/h3-15H,1-2H3;/q+1;-1. The maximum absolute atomic E-state index is 9.75. The first kappa shape index (κ1) is 20.9. The first-order chi connectivity index (χ1) is 13.2. The van der Waals surface area contributed by atoms with Gasteiger partial charge in [-0.15, -0.1) is 0 Å². The van der Waals surface area contributed by atoms with Crippen LogP contribution >= 0.6 is 11.8 Å². The number of rotatable bonds is 2. The molecule has 0 saturated heterocycles. The van der Waals surface area contributed by atoms with Gasteiger partial charge in [-0.1, -0.05) is 62.0 Å². The van der Waals surface area contributed by atoms with Gasteiger partial charge in [0.25, 0.3) is 0 Å². The van der Waals surface area contributed by atoms with Gasteiger partial charge in [0.05, 0.1) is 9.79 Å². The van der Waals surface area contributed by atoms with E-state index in [1.807, 2.05) is 11.8 Å². The van der Waals surface area contributed by atoms with Crippen molar-refractivity contribution in [3.05, 3.63) is 78.4 Å². The summed E-state index contributed by atoms with van der Waals surface area (Å²) in [4.78, 5) is 7.10. The number of hydrogen-bond donors (Lipinski definition) is 0. The molecule has 0 spiro atoms. The highest BCUT2D eigenvalue weighted by molar-refractivity contribution is 8.04. The summed E-state index contributed by atoms with van der Waals surface area (Å²) >= 11 is 1.90. The van der Waals surface area contributed by atoms with Crippen LogP contribution in [0.4, 0.5) is 17.3 Å². The Morgan fingerprint density at radius 3 is 1.57 bits per heavy atom. The summed E-state index contributed by atoms with van der Waals surface area (Å²) in [7, 11) is -6.00. The van der Waals surface area contributed by atoms with Crippen LogP contribution in [-0.2, 0) is 10.9 Å². The van der Waals surface area contributed by atoms with E-state index in [9.17, 15) is 17.3 Å². The molecule has 0 saturated carbocycles. The van der Waals surface area contributed by atoms with Crippen molar-refractivity contribution in [1.29, 1.82) is 0 Å². The molecule has 0 radical (unpaired) electrons. The first-order valence-corrected chi connectivity index (χ1v) is 10.9. The van der Waals surface area contributed by atoms with Gasteiger partial charge in [0.1, 0.15) is 10.9 Å². The highest BCUT2D eigenvalue weighted by Crippen LogP contribution is 2.48. The molecule has 0 bridgehead atoms. The van der Waals surface area contributed by atoms with Crippen molar-refractivity contribution in [2.24, 2.45) is 0 Å². The third kappa shape index (κ3) is 5.14. The number of halogens is 4. The fraction of sp³-hybridized carbons (Fsp3) is 0.143. The molecule has 0 atom stereocenters. The molecule has 0 unspecified atom stereocenters. The molecular weight excluding hydrogens is 403 g/mol. The Kier molecular flexibility index (Phi) is 6.45. The predicted octanol–water partition coefficient (Wildman–Crippen LogP) is 7.67. The minimum Gasteiger partial charge on any atom is -0.418 e. The van der Waals surface area contributed by atoms with Gasteiger partial charge in [-0.25, -0.2) is 0 Å². The lowest BCUT2D eigenvalue weighted by Gasteiger charge is -2.19. The van der Waals surface area contributed by atoms with Gasteiger partial charge < -0.3 is 17.3 Å². The van der Waals surface area contributed by atoms with Crippen molar-refractivity contribution in [3.8, 4) is 0 Å². The van der Waals surface area contributed by atoms with E-state index >= 15 is 0 Å². The van der Waals surface area contributed by atoms with Crippen LogP contribution in [0.25, 0.3) is 0 Å². The smallest absolute Gasteiger partial charge is 0.418 e. The van der Waals surface area contributed by atoms with Crippen LogP contribution in [0.2, 0.25) is 0 Å². The molecule has 1 aliphatic rings. The molecule has 0 fully saturated rings. The molecule has 0 N–H and O–H groups in total. The van der Waals surface area contributed by atoms with E-state index in [2.05, 4.69) is 86.6 Å². The summed E-state index contributed by atoms with van der Waals surface area (Å²) in [6, 6.07) is 26.9. The van der Waals surface area contributed by atoms with Crippen molar-refractivity contribution in [1.82, 2.24) is 0 Å². The largest absolute Gasteiger partial charge is 0.673 e. The van der Waals surface area contributed by atoms with Gasteiger partial charge in [0.2, 0.25) is 0 Å².